The molecule has 0 saturated carbocycles. The van der Waals surface area contributed by atoms with Gasteiger partial charge in [0, 0.05) is 32.6 Å². The van der Waals surface area contributed by atoms with Gasteiger partial charge in [0.25, 0.3) is 0 Å². The lowest BCUT2D eigenvalue weighted by Gasteiger charge is -2.12. The van der Waals surface area contributed by atoms with Gasteiger partial charge in [-0.2, -0.15) is 0 Å². The van der Waals surface area contributed by atoms with Crippen molar-refractivity contribution < 1.29 is 0 Å². The summed E-state index contributed by atoms with van der Waals surface area (Å²) in [6, 6.07) is 54.8. The van der Waals surface area contributed by atoms with E-state index in [2.05, 4.69) is 161 Å². The third-order valence-corrected chi connectivity index (χ3v) is 9.27. The first-order valence-electron chi connectivity index (χ1n) is 15.1. The summed E-state index contributed by atoms with van der Waals surface area (Å²) in [5, 5.41) is 8.69. The summed E-state index contributed by atoms with van der Waals surface area (Å²) in [6.07, 6.45) is 0. The Balaban J connectivity index is 1.18. The van der Waals surface area contributed by atoms with Gasteiger partial charge in [-0.1, -0.05) is 103 Å². The summed E-state index contributed by atoms with van der Waals surface area (Å²) in [5.74, 6) is 0. The van der Waals surface area contributed by atoms with Crippen LogP contribution < -0.4 is 0 Å². The zero-order valence-corrected chi connectivity index (χ0v) is 23.8. The van der Waals surface area contributed by atoms with E-state index in [1.807, 2.05) is 0 Å². The number of aromatic nitrogens is 3. The molecule has 0 N–H and O–H groups in total. The van der Waals surface area contributed by atoms with E-state index in [1.165, 1.54) is 60.0 Å². The maximum Gasteiger partial charge on any atom is 0.146 e. The van der Waals surface area contributed by atoms with Crippen molar-refractivity contribution in [1.82, 2.24) is 14.0 Å². The van der Waals surface area contributed by atoms with Crippen LogP contribution in [0.3, 0.4) is 0 Å². The fraction of sp³-hybridized carbons (Fsp3) is 0. The molecule has 3 heteroatoms. The quantitative estimate of drug-likeness (QED) is 0.193. The van der Waals surface area contributed by atoms with E-state index in [9.17, 15) is 0 Å². The molecule has 3 nitrogen and oxygen atoms in total. The standard InChI is InChI=1S/C41H25N3/c1-2-10-30-27(9-1)19-23-33-31-11-3-6-14-37(31)43(40(30)33)29-21-17-26(18-22-29)28-20-24-34-35(25-28)32-12-4-7-15-38(32)44-39-16-8-5-13-36(39)42-41(34)44/h1-25H. The molecule has 0 radical (unpaired) electrons. The molecule has 204 valence electrons. The molecule has 0 aliphatic heterocycles. The predicted octanol–water partition coefficient (Wildman–Crippen LogP) is 10.7. The predicted molar refractivity (Wildman–Crippen MR) is 185 cm³/mol. The average Bonchev–Trinajstić information content (AvgIpc) is 3.65. The highest BCUT2D eigenvalue weighted by molar-refractivity contribution is 6.19. The molecule has 3 aromatic heterocycles. The summed E-state index contributed by atoms with van der Waals surface area (Å²) in [7, 11) is 0. The zero-order chi connectivity index (χ0) is 28.8. The lowest BCUT2D eigenvalue weighted by molar-refractivity contribution is 1.19. The number of rotatable bonds is 2. The van der Waals surface area contributed by atoms with Crippen LogP contribution >= 0.6 is 0 Å². The molecule has 3 heterocycles. The second-order valence-corrected chi connectivity index (χ2v) is 11.6. The first-order chi connectivity index (χ1) is 21.8. The smallest absolute Gasteiger partial charge is 0.146 e. The van der Waals surface area contributed by atoms with Gasteiger partial charge in [0.1, 0.15) is 5.65 Å². The van der Waals surface area contributed by atoms with Crippen LogP contribution in [0.5, 0.6) is 0 Å². The minimum absolute atomic E-state index is 1.00. The fourth-order valence-corrected chi connectivity index (χ4v) is 7.29. The average molecular weight is 560 g/mol. The van der Waals surface area contributed by atoms with Crippen molar-refractivity contribution in [2.45, 2.75) is 0 Å². The molecule has 10 aromatic rings. The molecule has 7 aromatic carbocycles. The van der Waals surface area contributed by atoms with Crippen molar-refractivity contribution in [3.8, 4) is 16.8 Å². The van der Waals surface area contributed by atoms with E-state index < -0.39 is 0 Å². The van der Waals surface area contributed by atoms with Gasteiger partial charge in [-0.25, -0.2) is 4.98 Å². The molecule has 0 bridgehead atoms. The molecule has 0 fully saturated rings. The Kier molecular flexibility index (Phi) is 4.72. The van der Waals surface area contributed by atoms with Gasteiger partial charge in [-0.15, -0.1) is 0 Å². The number of imidazole rings is 1. The van der Waals surface area contributed by atoms with Crippen molar-refractivity contribution in [2.75, 3.05) is 0 Å². The van der Waals surface area contributed by atoms with Crippen molar-refractivity contribution in [1.29, 1.82) is 0 Å². The fourth-order valence-electron chi connectivity index (χ4n) is 7.29. The van der Waals surface area contributed by atoms with Crippen LogP contribution in [-0.4, -0.2) is 14.0 Å². The van der Waals surface area contributed by atoms with Gasteiger partial charge in [-0.3, -0.25) is 4.40 Å². The SMILES string of the molecule is c1ccc2c(c1)ccc1c3ccccc3n(-c3ccc(-c4ccc5c(c4)c4ccccc4n4c6ccccc6nc54)cc3)c21. The second kappa shape index (κ2) is 8.79. The van der Waals surface area contributed by atoms with E-state index >= 15 is 0 Å². The Morgan fingerprint density at radius 3 is 1.89 bits per heavy atom. The highest BCUT2D eigenvalue weighted by Gasteiger charge is 2.16. The number of hydrogen-bond acceptors (Lipinski definition) is 1. The van der Waals surface area contributed by atoms with Crippen LogP contribution in [0.25, 0.3) is 87.7 Å². The Morgan fingerprint density at radius 2 is 1.05 bits per heavy atom. The minimum Gasteiger partial charge on any atom is -0.309 e. The van der Waals surface area contributed by atoms with E-state index in [4.69, 9.17) is 4.98 Å². The first-order valence-corrected chi connectivity index (χ1v) is 15.1. The number of hydrogen-bond donors (Lipinski definition) is 0. The Morgan fingerprint density at radius 1 is 0.409 bits per heavy atom. The number of pyridine rings is 1. The lowest BCUT2D eigenvalue weighted by atomic mass is 9.99. The van der Waals surface area contributed by atoms with Gasteiger partial charge in [0.05, 0.1) is 27.6 Å². The molecule has 0 saturated heterocycles. The third-order valence-electron chi connectivity index (χ3n) is 9.27. The third kappa shape index (κ3) is 3.18. The van der Waals surface area contributed by atoms with Crippen molar-refractivity contribution >= 4 is 70.9 Å². The largest absolute Gasteiger partial charge is 0.309 e. The normalized spacial score (nSPS) is 12.1. The molecule has 0 unspecified atom stereocenters. The molecule has 0 aliphatic rings. The van der Waals surface area contributed by atoms with Crippen molar-refractivity contribution in [3.63, 3.8) is 0 Å². The number of para-hydroxylation sites is 4. The molecule has 10 rings (SSSR count). The Hall–Kier alpha value is -5.93. The van der Waals surface area contributed by atoms with Crippen molar-refractivity contribution in [2.24, 2.45) is 0 Å². The van der Waals surface area contributed by atoms with Gasteiger partial charge in [0.2, 0.25) is 0 Å². The minimum atomic E-state index is 1.00. The van der Waals surface area contributed by atoms with Crippen LogP contribution in [-0.2, 0) is 0 Å². The van der Waals surface area contributed by atoms with E-state index in [-0.39, 0.29) is 0 Å². The summed E-state index contributed by atoms with van der Waals surface area (Å²) in [4.78, 5) is 5.07. The van der Waals surface area contributed by atoms with Crippen LogP contribution in [0.1, 0.15) is 0 Å². The van der Waals surface area contributed by atoms with E-state index in [0.717, 1.165) is 27.8 Å². The lowest BCUT2D eigenvalue weighted by Crippen LogP contribution is -1.94. The van der Waals surface area contributed by atoms with Crippen LogP contribution in [0.4, 0.5) is 0 Å². The molecule has 0 aliphatic carbocycles. The highest BCUT2D eigenvalue weighted by Crippen LogP contribution is 2.38. The Bertz CT molecular complexity index is 2760. The number of fused-ring (bicyclic) bond motifs is 13. The Labute approximate surface area is 252 Å². The van der Waals surface area contributed by atoms with Gasteiger partial charge in [0.15, 0.2) is 0 Å². The maximum atomic E-state index is 5.07. The van der Waals surface area contributed by atoms with E-state index in [1.54, 1.807) is 0 Å². The van der Waals surface area contributed by atoms with Crippen LogP contribution in [0, 0.1) is 0 Å². The highest BCUT2D eigenvalue weighted by atomic mass is 15.0. The van der Waals surface area contributed by atoms with Crippen LogP contribution in [0.15, 0.2) is 152 Å². The molecule has 0 amide bonds. The first kappa shape index (κ1) is 23.6. The van der Waals surface area contributed by atoms with Gasteiger partial charge in [-0.05, 0) is 70.4 Å². The summed E-state index contributed by atoms with van der Waals surface area (Å²) < 4.78 is 4.72. The van der Waals surface area contributed by atoms with E-state index in [0.29, 0.717) is 0 Å². The molecule has 0 atom stereocenters. The van der Waals surface area contributed by atoms with Gasteiger partial charge < -0.3 is 4.57 Å². The number of benzene rings is 7. The topological polar surface area (TPSA) is 22.2 Å². The van der Waals surface area contributed by atoms with Gasteiger partial charge >= 0.3 is 0 Å². The monoisotopic (exact) mass is 559 g/mol. The maximum absolute atomic E-state index is 5.07. The summed E-state index contributed by atoms with van der Waals surface area (Å²) in [5.41, 5.74) is 10.4. The van der Waals surface area contributed by atoms with Crippen molar-refractivity contribution in [3.05, 3.63) is 152 Å². The second-order valence-electron chi connectivity index (χ2n) is 11.6. The molecular formula is C41H25N3. The zero-order valence-electron chi connectivity index (χ0n) is 23.8. The van der Waals surface area contributed by atoms with Crippen LogP contribution in [0.2, 0.25) is 0 Å². The number of nitrogens with zero attached hydrogens (tertiary/aromatic N) is 3. The summed E-state index contributed by atoms with van der Waals surface area (Å²) in [6.45, 7) is 0. The molecular weight excluding hydrogens is 534 g/mol. The molecule has 0 spiro atoms. The molecule has 44 heavy (non-hydrogen) atoms. The summed E-state index contributed by atoms with van der Waals surface area (Å²) >= 11 is 0.